The van der Waals surface area contributed by atoms with E-state index in [1.807, 2.05) is 30.3 Å². The highest BCUT2D eigenvalue weighted by Crippen LogP contribution is 2.07. The zero-order valence-electron chi connectivity index (χ0n) is 12.3. The summed E-state index contributed by atoms with van der Waals surface area (Å²) in [6.07, 6.45) is 9.21. The molecule has 0 aromatic heterocycles. The maximum Gasteiger partial charge on any atom is 0.328 e. The van der Waals surface area contributed by atoms with E-state index in [0.29, 0.717) is 6.42 Å². The van der Waals surface area contributed by atoms with Gasteiger partial charge in [0.2, 0.25) is 0 Å². The predicted octanol–water partition coefficient (Wildman–Crippen LogP) is 4.11. The monoisotopic (exact) mass is 275 g/mol. The van der Waals surface area contributed by atoms with Crippen LogP contribution in [0.2, 0.25) is 0 Å². The lowest BCUT2D eigenvalue weighted by Gasteiger charge is -2.07. The zero-order chi connectivity index (χ0) is 14.6. The quantitative estimate of drug-likeness (QED) is 0.516. The van der Waals surface area contributed by atoms with Crippen LogP contribution in [0, 0.1) is 0 Å². The average Bonchev–Trinajstić information content (AvgIpc) is 2.46. The fourth-order valence-corrected chi connectivity index (χ4v) is 2.08. The lowest BCUT2D eigenvalue weighted by atomic mass is 10.1. The van der Waals surface area contributed by atoms with Crippen molar-refractivity contribution < 1.29 is 9.90 Å². The van der Waals surface area contributed by atoms with E-state index in [4.69, 9.17) is 0 Å². The third-order valence-electron chi connectivity index (χ3n) is 3.28. The van der Waals surface area contributed by atoms with Crippen molar-refractivity contribution in [1.82, 2.24) is 0 Å². The molecule has 0 aliphatic heterocycles. The fraction of sp³-hybridized carbons (Fsp3) is 0.529. The Morgan fingerprint density at radius 1 is 1.20 bits per heavy atom. The Bertz CT molecular complexity index is 401. The van der Waals surface area contributed by atoms with Crippen LogP contribution in [-0.2, 0) is 11.2 Å². The summed E-state index contributed by atoms with van der Waals surface area (Å²) < 4.78 is 0. The van der Waals surface area contributed by atoms with Crippen molar-refractivity contribution in [3.8, 4) is 0 Å². The number of carboxylic acids is 1. The molecule has 0 spiro atoms. The molecule has 0 fully saturated rings. The molecule has 0 saturated heterocycles. The van der Waals surface area contributed by atoms with Crippen LogP contribution in [0.3, 0.4) is 0 Å². The van der Waals surface area contributed by atoms with Crippen molar-refractivity contribution in [2.75, 3.05) is 0 Å². The second kappa shape index (κ2) is 10.2. The first kappa shape index (κ1) is 16.4. The number of nitrogens with zero attached hydrogens (tertiary/aromatic N) is 1. The van der Waals surface area contributed by atoms with Crippen LogP contribution in [0.25, 0.3) is 0 Å². The summed E-state index contributed by atoms with van der Waals surface area (Å²) in [6.45, 7) is 2.20. The van der Waals surface area contributed by atoms with Crippen LogP contribution in [-0.4, -0.2) is 23.3 Å². The molecule has 0 unspecified atom stereocenters. The number of aliphatic carboxylic acids is 1. The summed E-state index contributed by atoms with van der Waals surface area (Å²) in [7, 11) is 0. The number of rotatable bonds is 10. The van der Waals surface area contributed by atoms with Gasteiger partial charge in [-0.25, -0.2) is 4.79 Å². The summed E-state index contributed by atoms with van der Waals surface area (Å²) in [4.78, 5) is 15.4. The molecule has 1 rings (SSSR count). The van der Waals surface area contributed by atoms with Gasteiger partial charge < -0.3 is 5.11 Å². The van der Waals surface area contributed by atoms with Crippen LogP contribution in [0.15, 0.2) is 35.3 Å². The highest BCUT2D eigenvalue weighted by atomic mass is 16.4. The standard InChI is InChI=1S/C17H25NO2/c1-2-3-4-5-6-10-13-18-16(17(19)20)14-15-11-8-7-9-12-15/h7-9,11-13,16H,2-6,10,14H2,1H3,(H,19,20)/t16-/m0/s1. The third-order valence-corrected chi connectivity index (χ3v) is 3.28. The normalized spacial score (nSPS) is 12.7. The fourth-order valence-electron chi connectivity index (χ4n) is 2.08. The van der Waals surface area contributed by atoms with Gasteiger partial charge in [-0.1, -0.05) is 62.9 Å². The molecular formula is C17H25NO2. The Morgan fingerprint density at radius 3 is 2.55 bits per heavy atom. The summed E-state index contributed by atoms with van der Waals surface area (Å²) in [6, 6.07) is 9.00. The topological polar surface area (TPSA) is 49.7 Å². The van der Waals surface area contributed by atoms with E-state index in [-0.39, 0.29) is 0 Å². The number of carboxylic acid groups (broad SMARTS) is 1. The molecule has 1 atom stereocenters. The first-order valence-corrected chi connectivity index (χ1v) is 7.52. The van der Waals surface area contributed by atoms with Crippen LogP contribution in [0.5, 0.6) is 0 Å². The minimum absolute atomic E-state index is 0.461. The van der Waals surface area contributed by atoms with Gasteiger partial charge in [0.05, 0.1) is 0 Å². The van der Waals surface area contributed by atoms with Gasteiger partial charge in [0.25, 0.3) is 0 Å². The summed E-state index contributed by atoms with van der Waals surface area (Å²) >= 11 is 0. The molecule has 1 aromatic rings. The molecule has 3 nitrogen and oxygen atoms in total. The number of hydrogen-bond acceptors (Lipinski definition) is 2. The number of unbranched alkanes of at least 4 members (excludes halogenated alkanes) is 5. The molecule has 0 bridgehead atoms. The molecule has 0 aliphatic carbocycles. The zero-order valence-corrected chi connectivity index (χ0v) is 12.3. The van der Waals surface area contributed by atoms with Crippen LogP contribution < -0.4 is 0 Å². The molecule has 0 radical (unpaired) electrons. The number of carbonyl (C=O) groups is 1. The van der Waals surface area contributed by atoms with Crippen molar-refractivity contribution >= 4 is 12.2 Å². The minimum Gasteiger partial charge on any atom is -0.480 e. The lowest BCUT2D eigenvalue weighted by molar-refractivity contribution is -0.138. The molecular weight excluding hydrogens is 250 g/mol. The Balaban J connectivity index is 2.34. The van der Waals surface area contributed by atoms with Gasteiger partial charge in [-0.05, 0) is 24.6 Å². The van der Waals surface area contributed by atoms with Gasteiger partial charge in [-0.2, -0.15) is 0 Å². The van der Waals surface area contributed by atoms with Crippen LogP contribution in [0.1, 0.15) is 51.0 Å². The molecule has 0 aliphatic rings. The van der Waals surface area contributed by atoms with E-state index in [1.165, 1.54) is 25.7 Å². The van der Waals surface area contributed by atoms with E-state index in [1.54, 1.807) is 6.21 Å². The first-order valence-electron chi connectivity index (χ1n) is 7.52. The second-order valence-electron chi connectivity index (χ2n) is 5.08. The summed E-state index contributed by atoms with van der Waals surface area (Å²) in [5.41, 5.74) is 1.01. The van der Waals surface area contributed by atoms with Gasteiger partial charge in [-0.15, -0.1) is 0 Å². The largest absolute Gasteiger partial charge is 0.480 e. The molecule has 0 saturated carbocycles. The number of aliphatic imine (C=N–C) groups is 1. The Labute approximate surface area is 121 Å². The first-order chi connectivity index (χ1) is 9.74. The van der Waals surface area contributed by atoms with Crippen LogP contribution >= 0.6 is 0 Å². The minimum atomic E-state index is -0.851. The third kappa shape index (κ3) is 7.07. The average molecular weight is 275 g/mol. The van der Waals surface area contributed by atoms with Crippen molar-refractivity contribution in [3.05, 3.63) is 35.9 Å². The molecule has 1 N–H and O–H groups in total. The predicted molar refractivity (Wildman–Crippen MR) is 83.4 cm³/mol. The molecule has 0 amide bonds. The Morgan fingerprint density at radius 2 is 1.90 bits per heavy atom. The highest BCUT2D eigenvalue weighted by Gasteiger charge is 2.15. The smallest absolute Gasteiger partial charge is 0.328 e. The van der Waals surface area contributed by atoms with Gasteiger partial charge in [-0.3, -0.25) is 4.99 Å². The van der Waals surface area contributed by atoms with Crippen molar-refractivity contribution in [3.63, 3.8) is 0 Å². The van der Waals surface area contributed by atoms with Gasteiger partial charge in [0.1, 0.15) is 0 Å². The second-order valence-corrected chi connectivity index (χ2v) is 5.08. The molecule has 1 aromatic carbocycles. The van der Waals surface area contributed by atoms with E-state index >= 15 is 0 Å². The van der Waals surface area contributed by atoms with Crippen molar-refractivity contribution in [1.29, 1.82) is 0 Å². The van der Waals surface area contributed by atoms with Crippen molar-refractivity contribution in [2.45, 2.75) is 57.9 Å². The summed E-state index contributed by atoms with van der Waals surface area (Å²) in [5, 5.41) is 9.19. The van der Waals surface area contributed by atoms with Crippen molar-refractivity contribution in [2.24, 2.45) is 4.99 Å². The molecule has 20 heavy (non-hydrogen) atoms. The maximum atomic E-state index is 11.2. The molecule has 110 valence electrons. The number of hydrogen-bond donors (Lipinski definition) is 1. The lowest BCUT2D eigenvalue weighted by Crippen LogP contribution is -2.20. The van der Waals surface area contributed by atoms with E-state index in [2.05, 4.69) is 11.9 Å². The van der Waals surface area contributed by atoms with E-state index in [0.717, 1.165) is 18.4 Å². The Kier molecular flexibility index (Phi) is 8.36. The summed E-state index contributed by atoms with van der Waals surface area (Å²) in [5.74, 6) is -0.851. The van der Waals surface area contributed by atoms with Gasteiger partial charge in [0, 0.05) is 6.42 Å². The maximum absolute atomic E-state index is 11.2. The van der Waals surface area contributed by atoms with Gasteiger partial charge >= 0.3 is 5.97 Å². The molecule has 0 heterocycles. The van der Waals surface area contributed by atoms with E-state index in [9.17, 15) is 9.90 Å². The number of benzene rings is 1. The SMILES string of the molecule is CCCCCCCC=N[C@@H](Cc1ccccc1)C(=O)O. The van der Waals surface area contributed by atoms with Crippen LogP contribution in [0.4, 0.5) is 0 Å². The van der Waals surface area contributed by atoms with E-state index < -0.39 is 12.0 Å². The van der Waals surface area contributed by atoms with Gasteiger partial charge in [0.15, 0.2) is 6.04 Å². The Hall–Kier alpha value is -1.64. The molecule has 3 heteroatoms. The highest BCUT2D eigenvalue weighted by molar-refractivity contribution is 5.76.